The van der Waals surface area contributed by atoms with Crippen molar-refractivity contribution in [1.29, 1.82) is 0 Å². The number of aryl methyl sites for hydroxylation is 4. The fraction of sp³-hybridized carbons (Fsp3) is 0.312. The predicted octanol–water partition coefficient (Wildman–Crippen LogP) is 6.37. The van der Waals surface area contributed by atoms with E-state index in [-0.39, 0.29) is 17.2 Å². The van der Waals surface area contributed by atoms with Gasteiger partial charge in [-0.25, -0.2) is 4.98 Å². The Hall–Kier alpha value is -3.71. The molecular weight excluding hydrogens is 506 g/mol. The Balaban J connectivity index is 1.83. The van der Waals surface area contributed by atoms with Gasteiger partial charge in [0.1, 0.15) is 0 Å². The van der Waals surface area contributed by atoms with Crippen molar-refractivity contribution in [3.05, 3.63) is 98.3 Å². The topological polar surface area (TPSA) is 81.1 Å². The second-order valence-electron chi connectivity index (χ2n) is 10.6. The highest BCUT2D eigenvalue weighted by molar-refractivity contribution is 8.00. The van der Waals surface area contributed by atoms with Crippen LogP contribution in [0.5, 0.6) is 0 Å². The van der Waals surface area contributed by atoms with E-state index >= 15 is 0 Å². The molecule has 1 unspecified atom stereocenters. The molecule has 0 spiro atoms. The number of nitrogens with zero attached hydrogens (tertiary/aromatic N) is 2. The van der Waals surface area contributed by atoms with Gasteiger partial charge in [-0.05, 0) is 99.2 Å². The van der Waals surface area contributed by atoms with Crippen LogP contribution in [0.2, 0.25) is 0 Å². The first-order valence-electron chi connectivity index (χ1n) is 13.2. The summed E-state index contributed by atoms with van der Waals surface area (Å²) in [6.45, 7) is 14.4. The quantitative estimate of drug-likeness (QED) is 0.159. The summed E-state index contributed by atoms with van der Waals surface area (Å²) in [5, 5.41) is 3.24. The fourth-order valence-electron chi connectivity index (χ4n) is 4.43. The molecule has 3 aromatic carbocycles. The van der Waals surface area contributed by atoms with Crippen LogP contribution in [0.1, 0.15) is 63.7 Å². The van der Waals surface area contributed by atoms with E-state index in [1.165, 1.54) is 11.8 Å². The second kappa shape index (κ2) is 11.6. The van der Waals surface area contributed by atoms with Gasteiger partial charge < -0.3 is 5.32 Å². The lowest BCUT2D eigenvalue weighted by Crippen LogP contribution is -2.27. The molecule has 0 saturated heterocycles. The Morgan fingerprint density at radius 2 is 1.54 bits per heavy atom. The molecule has 0 aliphatic rings. The molecule has 0 aliphatic carbocycles. The summed E-state index contributed by atoms with van der Waals surface area (Å²) in [5.74, 6) is 0.0708. The molecule has 0 aliphatic heterocycles. The molecule has 39 heavy (non-hydrogen) atoms. The number of nitrogens with one attached hydrogen (secondary N) is 1. The van der Waals surface area contributed by atoms with Crippen molar-refractivity contribution >= 4 is 34.4 Å². The Labute approximate surface area is 233 Å². The highest BCUT2D eigenvalue weighted by atomic mass is 32.2. The van der Waals surface area contributed by atoms with Crippen molar-refractivity contribution in [1.82, 2.24) is 14.9 Å². The average molecular weight is 542 g/mol. The molecule has 0 fully saturated rings. The summed E-state index contributed by atoms with van der Waals surface area (Å²) in [7, 11) is 0. The third kappa shape index (κ3) is 6.31. The van der Waals surface area contributed by atoms with Crippen LogP contribution in [-0.4, -0.2) is 33.0 Å². The third-order valence-electron chi connectivity index (χ3n) is 6.68. The minimum Gasteiger partial charge on any atom is -0.352 e. The predicted molar refractivity (Wildman–Crippen MR) is 160 cm³/mol. The van der Waals surface area contributed by atoms with E-state index in [1.54, 1.807) is 22.8 Å². The molecule has 7 heteroatoms. The lowest BCUT2D eigenvalue weighted by atomic mass is 10.0. The van der Waals surface area contributed by atoms with Crippen LogP contribution in [-0.2, 0) is 0 Å². The highest BCUT2D eigenvalue weighted by Gasteiger charge is 2.22. The van der Waals surface area contributed by atoms with Gasteiger partial charge in [0.2, 0.25) is 0 Å². The van der Waals surface area contributed by atoms with Crippen molar-refractivity contribution in [2.45, 2.75) is 58.9 Å². The monoisotopic (exact) mass is 541 g/mol. The number of hydrogen-bond donors (Lipinski definition) is 1. The Morgan fingerprint density at radius 1 is 0.872 bits per heavy atom. The molecule has 4 aromatic rings. The number of carbonyl (C=O) groups excluding carboxylic acids is 2. The van der Waals surface area contributed by atoms with E-state index in [9.17, 15) is 14.4 Å². The molecule has 1 heterocycles. The molecule has 0 saturated carbocycles. The van der Waals surface area contributed by atoms with E-state index in [1.807, 2.05) is 84.9 Å². The summed E-state index contributed by atoms with van der Waals surface area (Å²) in [4.78, 5) is 44.9. The first-order chi connectivity index (χ1) is 18.4. The summed E-state index contributed by atoms with van der Waals surface area (Å²) in [5.41, 5.74) is 6.15. The largest absolute Gasteiger partial charge is 0.352 e. The SMILES string of the molecule is Cc1cc(C)cc(-n2c(SC(C)C(=O)c3ccc(C)c(C)c3)nc3cc(C(=O)NCC(C)C)ccc3c2=O)c1. The zero-order chi connectivity index (χ0) is 28.4. The minimum absolute atomic E-state index is 0.0359. The number of benzene rings is 3. The van der Waals surface area contributed by atoms with E-state index in [0.717, 1.165) is 22.3 Å². The van der Waals surface area contributed by atoms with Crippen LogP contribution < -0.4 is 10.9 Å². The summed E-state index contributed by atoms with van der Waals surface area (Å²) < 4.78 is 1.58. The van der Waals surface area contributed by atoms with Crippen molar-refractivity contribution in [2.24, 2.45) is 5.92 Å². The van der Waals surface area contributed by atoms with Crippen molar-refractivity contribution in [3.63, 3.8) is 0 Å². The maximum Gasteiger partial charge on any atom is 0.266 e. The number of hydrogen-bond acceptors (Lipinski definition) is 5. The van der Waals surface area contributed by atoms with Gasteiger partial charge in [-0.1, -0.05) is 43.8 Å². The smallest absolute Gasteiger partial charge is 0.266 e. The fourth-order valence-corrected chi connectivity index (χ4v) is 5.44. The molecule has 1 atom stereocenters. The number of rotatable bonds is 8. The molecule has 4 rings (SSSR count). The van der Waals surface area contributed by atoms with Gasteiger partial charge in [-0.2, -0.15) is 0 Å². The van der Waals surface area contributed by atoms with Gasteiger partial charge in [0.05, 0.1) is 21.8 Å². The zero-order valence-electron chi connectivity index (χ0n) is 23.6. The van der Waals surface area contributed by atoms with E-state index in [4.69, 9.17) is 4.98 Å². The number of carbonyl (C=O) groups is 2. The van der Waals surface area contributed by atoms with Crippen LogP contribution in [0.3, 0.4) is 0 Å². The molecule has 6 nitrogen and oxygen atoms in total. The number of ketones is 1. The maximum atomic E-state index is 13.9. The third-order valence-corrected chi connectivity index (χ3v) is 7.73. The molecule has 202 valence electrons. The summed E-state index contributed by atoms with van der Waals surface area (Å²) in [6, 6.07) is 16.6. The van der Waals surface area contributed by atoms with Gasteiger partial charge in [0.15, 0.2) is 10.9 Å². The normalized spacial score (nSPS) is 12.1. The van der Waals surface area contributed by atoms with Gasteiger partial charge in [-0.15, -0.1) is 0 Å². The van der Waals surface area contributed by atoms with Crippen LogP contribution in [0, 0.1) is 33.6 Å². The van der Waals surface area contributed by atoms with E-state index < -0.39 is 5.25 Å². The van der Waals surface area contributed by atoms with Gasteiger partial charge in [-0.3, -0.25) is 19.0 Å². The van der Waals surface area contributed by atoms with Crippen LogP contribution >= 0.6 is 11.8 Å². The lowest BCUT2D eigenvalue weighted by molar-refractivity contribution is 0.0948. The second-order valence-corrected chi connectivity index (χ2v) is 11.9. The molecule has 1 amide bonds. The lowest BCUT2D eigenvalue weighted by Gasteiger charge is -2.17. The summed E-state index contributed by atoms with van der Waals surface area (Å²) in [6.07, 6.45) is 0. The first kappa shape index (κ1) is 28.3. The highest BCUT2D eigenvalue weighted by Crippen LogP contribution is 2.28. The van der Waals surface area contributed by atoms with Crippen molar-refractivity contribution < 1.29 is 9.59 Å². The molecular formula is C32H35N3O3S. The Kier molecular flexibility index (Phi) is 8.40. The van der Waals surface area contributed by atoms with Crippen molar-refractivity contribution in [2.75, 3.05) is 6.54 Å². The molecule has 0 bridgehead atoms. The maximum absolute atomic E-state index is 13.9. The number of Topliss-reactive ketones (excluding diaryl/α,β-unsaturated/α-hetero) is 1. The average Bonchev–Trinajstić information content (AvgIpc) is 2.87. The number of amides is 1. The molecule has 1 N–H and O–H groups in total. The number of aromatic nitrogens is 2. The van der Waals surface area contributed by atoms with Crippen molar-refractivity contribution in [3.8, 4) is 5.69 Å². The number of thioether (sulfide) groups is 1. The van der Waals surface area contributed by atoms with E-state index in [0.29, 0.717) is 45.3 Å². The first-order valence-corrected chi connectivity index (χ1v) is 14.0. The standard InChI is InChI=1S/C32H35N3O3S/c1-18(2)17-33-30(37)25-10-11-27-28(16-25)34-32(35(31(27)38)26-13-19(3)12-20(4)14-26)39-23(7)29(36)24-9-8-21(5)22(6)15-24/h8-16,18,23H,17H2,1-7H3,(H,33,37). The van der Waals surface area contributed by atoms with Gasteiger partial charge in [0.25, 0.3) is 11.5 Å². The van der Waals surface area contributed by atoms with E-state index in [2.05, 4.69) is 5.32 Å². The summed E-state index contributed by atoms with van der Waals surface area (Å²) >= 11 is 1.25. The van der Waals surface area contributed by atoms with Gasteiger partial charge in [0, 0.05) is 17.7 Å². The van der Waals surface area contributed by atoms with Crippen LogP contribution in [0.25, 0.3) is 16.6 Å². The van der Waals surface area contributed by atoms with Gasteiger partial charge >= 0.3 is 0 Å². The minimum atomic E-state index is -0.494. The zero-order valence-corrected chi connectivity index (χ0v) is 24.4. The number of fused-ring (bicyclic) bond motifs is 1. The molecule has 0 radical (unpaired) electrons. The Morgan fingerprint density at radius 3 is 2.18 bits per heavy atom. The van der Waals surface area contributed by atoms with Crippen LogP contribution in [0.15, 0.2) is 64.5 Å². The van der Waals surface area contributed by atoms with Crippen LogP contribution in [0.4, 0.5) is 0 Å². The molecule has 1 aromatic heterocycles. The Bertz CT molecular complexity index is 1620.